The minimum absolute atomic E-state index is 0.215. The quantitative estimate of drug-likeness (QED) is 0.916. The van der Waals surface area contributed by atoms with E-state index in [0.29, 0.717) is 16.1 Å². The largest absolute Gasteiger partial charge is 0.312 e. The van der Waals surface area contributed by atoms with E-state index in [1.165, 1.54) is 4.80 Å². The van der Waals surface area contributed by atoms with Crippen LogP contribution in [0.4, 0.5) is 0 Å². The first kappa shape index (κ1) is 12.6. The fraction of sp³-hybridized carbons (Fsp3) is 0.250. The van der Waals surface area contributed by atoms with Crippen molar-refractivity contribution in [2.75, 3.05) is 0 Å². The molecule has 1 heterocycles. The van der Waals surface area contributed by atoms with E-state index in [-0.39, 0.29) is 6.54 Å². The molecule has 1 atom stereocenters. The third kappa shape index (κ3) is 2.35. The highest BCUT2D eigenvalue weighted by Gasteiger charge is 2.20. The van der Waals surface area contributed by atoms with Gasteiger partial charge in [0.15, 0.2) is 0 Å². The van der Waals surface area contributed by atoms with Crippen molar-refractivity contribution in [1.82, 2.24) is 15.0 Å². The number of hydrogen-bond donors (Lipinski definition) is 1. The molecule has 0 aliphatic carbocycles. The Balaban J connectivity index is 2.51. The van der Waals surface area contributed by atoms with Crippen molar-refractivity contribution in [3.8, 4) is 6.07 Å². The van der Waals surface area contributed by atoms with Crippen LogP contribution in [0.15, 0.2) is 18.7 Å². The van der Waals surface area contributed by atoms with E-state index in [1.54, 1.807) is 25.1 Å². The minimum atomic E-state index is -1.01. The molecule has 2 N–H and O–H groups in total. The summed E-state index contributed by atoms with van der Waals surface area (Å²) in [5.74, 6) is 0. The summed E-state index contributed by atoms with van der Waals surface area (Å²) in [4.78, 5) is 1.41. The second kappa shape index (κ2) is 4.41. The van der Waals surface area contributed by atoms with Gasteiger partial charge in [0.25, 0.3) is 0 Å². The van der Waals surface area contributed by atoms with Crippen LogP contribution in [-0.2, 0) is 6.54 Å². The molecule has 0 saturated carbocycles. The smallest absolute Gasteiger partial charge is 0.122 e. The highest BCUT2D eigenvalue weighted by molar-refractivity contribution is 6.31. The van der Waals surface area contributed by atoms with Crippen LogP contribution in [0.1, 0.15) is 12.5 Å². The van der Waals surface area contributed by atoms with Crippen LogP contribution in [0.25, 0.3) is 17.1 Å². The number of nitrogens with zero attached hydrogens (tertiary/aromatic N) is 4. The normalized spacial score (nSPS) is 14.1. The lowest BCUT2D eigenvalue weighted by molar-refractivity contribution is 0.423. The zero-order valence-corrected chi connectivity index (χ0v) is 10.6. The molecule has 0 fully saturated rings. The van der Waals surface area contributed by atoms with E-state index in [9.17, 15) is 0 Å². The summed E-state index contributed by atoms with van der Waals surface area (Å²) in [5, 5.41) is 18.0. The number of aromatic nitrogens is 3. The first-order chi connectivity index (χ1) is 8.45. The van der Waals surface area contributed by atoms with Crippen molar-refractivity contribution < 1.29 is 0 Å². The Morgan fingerprint density at radius 2 is 2.33 bits per heavy atom. The summed E-state index contributed by atoms with van der Waals surface area (Å²) in [5.41, 5.74) is 6.92. The molecule has 0 spiro atoms. The van der Waals surface area contributed by atoms with Crippen LogP contribution >= 0.6 is 11.6 Å². The molecule has 0 bridgehead atoms. The standard InChI is InChI=1S/C12H12ClN5/c1-3-8-4-9(13)5-10-11(8)17-18(16-10)7-12(2,15)6-14/h3-5H,1,7,15H2,2H3. The molecule has 18 heavy (non-hydrogen) atoms. The minimum Gasteiger partial charge on any atom is -0.312 e. The molecule has 92 valence electrons. The van der Waals surface area contributed by atoms with Gasteiger partial charge in [0.2, 0.25) is 0 Å². The highest BCUT2D eigenvalue weighted by atomic mass is 35.5. The maximum Gasteiger partial charge on any atom is 0.122 e. The van der Waals surface area contributed by atoms with Crippen LogP contribution in [0.2, 0.25) is 5.02 Å². The molecule has 1 aromatic carbocycles. The van der Waals surface area contributed by atoms with Crippen molar-refractivity contribution in [2.24, 2.45) is 5.73 Å². The van der Waals surface area contributed by atoms with Gasteiger partial charge in [-0.15, -0.1) is 0 Å². The van der Waals surface area contributed by atoms with Gasteiger partial charge < -0.3 is 5.73 Å². The maximum absolute atomic E-state index is 8.89. The number of halogens is 1. The molecule has 2 aromatic rings. The molecule has 0 saturated heterocycles. The average Bonchev–Trinajstić information content (AvgIpc) is 2.69. The van der Waals surface area contributed by atoms with Crippen molar-refractivity contribution in [2.45, 2.75) is 19.0 Å². The number of nitriles is 1. The van der Waals surface area contributed by atoms with Crippen LogP contribution in [0.3, 0.4) is 0 Å². The van der Waals surface area contributed by atoms with Crippen LogP contribution in [0.5, 0.6) is 0 Å². The molecule has 0 radical (unpaired) electrons. The summed E-state index contributed by atoms with van der Waals surface area (Å²) < 4.78 is 0. The van der Waals surface area contributed by atoms with Crippen LogP contribution in [0, 0.1) is 11.3 Å². The summed E-state index contributed by atoms with van der Waals surface area (Å²) in [7, 11) is 0. The summed E-state index contributed by atoms with van der Waals surface area (Å²) in [6.45, 7) is 5.55. The van der Waals surface area contributed by atoms with Crippen molar-refractivity contribution >= 4 is 28.7 Å². The van der Waals surface area contributed by atoms with Gasteiger partial charge in [-0.1, -0.05) is 24.3 Å². The number of nitrogens with two attached hydrogens (primary N) is 1. The summed E-state index contributed by atoms with van der Waals surface area (Å²) >= 11 is 5.97. The van der Waals surface area contributed by atoms with E-state index in [0.717, 1.165) is 5.56 Å². The lowest BCUT2D eigenvalue weighted by atomic mass is 10.1. The number of rotatable bonds is 3. The molecule has 5 nitrogen and oxygen atoms in total. The molecule has 1 aromatic heterocycles. The first-order valence-electron chi connectivity index (χ1n) is 5.32. The SMILES string of the molecule is C=Cc1cc(Cl)cc2nn(CC(C)(N)C#N)nc12. The molecule has 1 unspecified atom stereocenters. The second-order valence-corrected chi connectivity index (χ2v) is 4.76. The van der Waals surface area contributed by atoms with E-state index >= 15 is 0 Å². The molecule has 0 aliphatic heterocycles. The first-order valence-corrected chi connectivity index (χ1v) is 5.70. The van der Waals surface area contributed by atoms with Crippen LogP contribution in [-0.4, -0.2) is 20.5 Å². The number of hydrogen-bond acceptors (Lipinski definition) is 4. The van der Waals surface area contributed by atoms with Crippen molar-refractivity contribution in [1.29, 1.82) is 5.26 Å². The van der Waals surface area contributed by atoms with E-state index in [4.69, 9.17) is 22.6 Å². The molecule has 0 amide bonds. The Bertz CT molecular complexity index is 650. The fourth-order valence-electron chi connectivity index (χ4n) is 1.61. The second-order valence-electron chi connectivity index (χ2n) is 4.33. The molecule has 0 aliphatic rings. The Morgan fingerprint density at radius 3 is 2.94 bits per heavy atom. The predicted molar refractivity (Wildman–Crippen MR) is 70.8 cm³/mol. The Hall–Kier alpha value is -1.90. The predicted octanol–water partition coefficient (Wildman–Crippen LogP) is 1.97. The van der Waals surface area contributed by atoms with Gasteiger partial charge in [0.1, 0.15) is 16.6 Å². The number of fused-ring (bicyclic) bond motifs is 1. The van der Waals surface area contributed by atoms with Gasteiger partial charge in [-0.2, -0.15) is 20.3 Å². The maximum atomic E-state index is 8.89. The number of benzene rings is 1. The topological polar surface area (TPSA) is 80.5 Å². The molecule has 2 rings (SSSR count). The fourth-order valence-corrected chi connectivity index (χ4v) is 1.83. The average molecular weight is 262 g/mol. The zero-order valence-electron chi connectivity index (χ0n) is 9.89. The van der Waals surface area contributed by atoms with Gasteiger partial charge >= 0.3 is 0 Å². The van der Waals surface area contributed by atoms with Crippen molar-refractivity contribution in [3.63, 3.8) is 0 Å². The Labute approximate surface area is 109 Å². The summed E-state index contributed by atoms with van der Waals surface area (Å²) in [6.07, 6.45) is 1.67. The Morgan fingerprint density at radius 1 is 1.61 bits per heavy atom. The monoisotopic (exact) mass is 261 g/mol. The van der Waals surface area contributed by atoms with E-state index < -0.39 is 5.54 Å². The zero-order chi connectivity index (χ0) is 13.3. The van der Waals surface area contributed by atoms with Gasteiger partial charge in [0.05, 0.1) is 12.6 Å². The van der Waals surface area contributed by atoms with Gasteiger partial charge in [-0.05, 0) is 19.1 Å². The summed E-state index contributed by atoms with van der Waals surface area (Å²) in [6, 6.07) is 5.49. The third-order valence-corrected chi connectivity index (χ3v) is 2.69. The molecular formula is C12H12ClN5. The van der Waals surface area contributed by atoms with Gasteiger partial charge in [-0.25, -0.2) is 0 Å². The molecule has 6 heteroatoms. The van der Waals surface area contributed by atoms with Gasteiger partial charge in [0, 0.05) is 10.6 Å². The van der Waals surface area contributed by atoms with E-state index in [2.05, 4.69) is 16.8 Å². The van der Waals surface area contributed by atoms with E-state index in [1.807, 2.05) is 6.07 Å². The van der Waals surface area contributed by atoms with Crippen molar-refractivity contribution in [3.05, 3.63) is 29.3 Å². The molecular weight excluding hydrogens is 250 g/mol. The lowest BCUT2D eigenvalue weighted by Crippen LogP contribution is -2.39. The lowest BCUT2D eigenvalue weighted by Gasteiger charge is -2.13. The Kier molecular flexibility index (Phi) is 3.07. The highest BCUT2D eigenvalue weighted by Crippen LogP contribution is 2.22. The third-order valence-electron chi connectivity index (χ3n) is 2.47. The van der Waals surface area contributed by atoms with Gasteiger partial charge in [-0.3, -0.25) is 0 Å². The van der Waals surface area contributed by atoms with Crippen LogP contribution < -0.4 is 5.73 Å².